The van der Waals surface area contributed by atoms with Crippen molar-refractivity contribution in [3.8, 4) is 11.1 Å². The van der Waals surface area contributed by atoms with Gasteiger partial charge < -0.3 is 29.7 Å². The molecule has 1 fully saturated rings. The van der Waals surface area contributed by atoms with E-state index in [0.29, 0.717) is 17.3 Å². The Kier molecular flexibility index (Phi) is 11.2. The molecule has 4 aromatic rings. The van der Waals surface area contributed by atoms with Gasteiger partial charge in [0.2, 0.25) is 0 Å². The standard InChI is InChI=1S/C36H36N2O7S/c1-3-19-43-36(42)38-20-28-7-4-5-8-29(28)25-14-16-27(17-15-25)35-44-31(22-46-33-30(34(40)41)9-6-18-37-33)23(2)32(45-35)26-12-10-24(21-39)11-13-26/h3-18,23,31-32,35,39H,1,19-22H2,2H3,(H,38,42)(H,40,41)/t23-,31+,32+,35+/m1/s1. The summed E-state index contributed by atoms with van der Waals surface area (Å²) in [5, 5.41) is 22.4. The van der Waals surface area contributed by atoms with Crippen molar-refractivity contribution in [2.24, 2.45) is 5.92 Å². The predicted molar refractivity (Wildman–Crippen MR) is 175 cm³/mol. The molecule has 0 spiro atoms. The van der Waals surface area contributed by atoms with Crippen molar-refractivity contribution in [2.45, 2.75) is 43.6 Å². The lowest BCUT2D eigenvalue weighted by molar-refractivity contribution is -0.268. The second-order valence-corrected chi connectivity index (χ2v) is 11.8. The number of aliphatic hydroxyl groups excluding tert-OH is 1. The van der Waals surface area contributed by atoms with E-state index in [-0.39, 0.29) is 36.9 Å². The number of rotatable bonds is 12. The Morgan fingerprint density at radius 3 is 2.46 bits per heavy atom. The first-order chi connectivity index (χ1) is 22.4. The molecule has 10 heteroatoms. The van der Waals surface area contributed by atoms with Crippen LogP contribution >= 0.6 is 11.8 Å². The van der Waals surface area contributed by atoms with Crippen LogP contribution in [0.4, 0.5) is 4.79 Å². The molecule has 1 amide bonds. The minimum atomic E-state index is -1.03. The van der Waals surface area contributed by atoms with Crippen LogP contribution in [0.25, 0.3) is 11.1 Å². The lowest BCUT2D eigenvalue weighted by Crippen LogP contribution is -2.38. The van der Waals surface area contributed by atoms with Crippen molar-refractivity contribution in [1.82, 2.24) is 10.3 Å². The lowest BCUT2D eigenvalue weighted by Gasteiger charge is -2.41. The molecule has 46 heavy (non-hydrogen) atoms. The summed E-state index contributed by atoms with van der Waals surface area (Å²) in [6.45, 7) is 6.01. The molecular formula is C36H36N2O7S. The van der Waals surface area contributed by atoms with Gasteiger partial charge in [-0.15, -0.1) is 11.8 Å². The third-order valence-electron chi connectivity index (χ3n) is 7.78. The normalized spacial score (nSPS) is 19.3. The molecule has 4 atom stereocenters. The SMILES string of the molecule is C=CCOC(=O)NCc1ccccc1-c1ccc([C@H]2O[C@@H](CSc3ncccc3C(=O)O)[C@@H](C)[C@@H](c3ccc(CO)cc3)O2)cc1. The maximum absolute atomic E-state index is 12.0. The highest BCUT2D eigenvalue weighted by molar-refractivity contribution is 7.99. The van der Waals surface area contributed by atoms with E-state index < -0.39 is 18.4 Å². The van der Waals surface area contributed by atoms with E-state index in [9.17, 15) is 19.8 Å². The molecule has 3 N–H and O–H groups in total. The summed E-state index contributed by atoms with van der Waals surface area (Å²) in [6.07, 6.45) is 1.30. The zero-order valence-electron chi connectivity index (χ0n) is 25.4. The number of carbonyl (C=O) groups excluding carboxylic acids is 1. The molecule has 0 saturated carbocycles. The van der Waals surface area contributed by atoms with Gasteiger partial charge in [0.25, 0.3) is 0 Å². The largest absolute Gasteiger partial charge is 0.478 e. The number of aromatic nitrogens is 1. The minimum absolute atomic E-state index is 0.0483. The number of amides is 1. The topological polar surface area (TPSA) is 127 Å². The van der Waals surface area contributed by atoms with Crippen molar-refractivity contribution in [1.29, 1.82) is 0 Å². The van der Waals surface area contributed by atoms with Gasteiger partial charge in [0.05, 0.1) is 24.4 Å². The molecule has 0 radical (unpaired) electrons. The summed E-state index contributed by atoms with van der Waals surface area (Å²) in [4.78, 5) is 28.0. The molecule has 1 aromatic heterocycles. The van der Waals surface area contributed by atoms with Crippen molar-refractivity contribution < 1.29 is 34.0 Å². The number of nitrogens with zero attached hydrogens (tertiary/aromatic N) is 1. The van der Waals surface area contributed by atoms with E-state index >= 15 is 0 Å². The Labute approximate surface area is 272 Å². The predicted octanol–water partition coefficient (Wildman–Crippen LogP) is 6.94. The van der Waals surface area contributed by atoms with Gasteiger partial charge in [0.1, 0.15) is 11.6 Å². The van der Waals surface area contributed by atoms with Crippen LogP contribution in [0.1, 0.15) is 51.9 Å². The first-order valence-electron chi connectivity index (χ1n) is 14.9. The highest BCUT2D eigenvalue weighted by Crippen LogP contribution is 2.43. The molecule has 0 unspecified atom stereocenters. The summed E-state index contributed by atoms with van der Waals surface area (Å²) in [5.41, 5.74) is 5.62. The van der Waals surface area contributed by atoms with Gasteiger partial charge in [0.15, 0.2) is 6.29 Å². The van der Waals surface area contributed by atoms with E-state index in [2.05, 4.69) is 23.8 Å². The summed E-state index contributed by atoms with van der Waals surface area (Å²) in [7, 11) is 0. The average Bonchev–Trinajstić information content (AvgIpc) is 3.09. The van der Waals surface area contributed by atoms with Gasteiger partial charge in [-0.05, 0) is 39.9 Å². The van der Waals surface area contributed by atoms with Gasteiger partial charge in [0, 0.05) is 30.0 Å². The Bertz CT molecular complexity index is 1650. The van der Waals surface area contributed by atoms with Crippen molar-refractivity contribution in [3.05, 3.63) is 132 Å². The summed E-state index contributed by atoms with van der Waals surface area (Å²) < 4.78 is 18.2. The number of aliphatic hydroxyl groups is 1. The zero-order chi connectivity index (χ0) is 32.5. The van der Waals surface area contributed by atoms with Crippen LogP contribution in [0.5, 0.6) is 0 Å². The number of hydrogen-bond donors (Lipinski definition) is 3. The molecule has 3 aromatic carbocycles. The highest BCUT2D eigenvalue weighted by Gasteiger charge is 2.38. The minimum Gasteiger partial charge on any atom is -0.478 e. The molecule has 1 aliphatic rings. The molecule has 9 nitrogen and oxygen atoms in total. The summed E-state index contributed by atoms with van der Waals surface area (Å²) >= 11 is 1.35. The Morgan fingerprint density at radius 1 is 1.00 bits per heavy atom. The molecule has 238 valence electrons. The molecule has 0 bridgehead atoms. The fourth-order valence-corrected chi connectivity index (χ4v) is 6.42. The van der Waals surface area contributed by atoms with Gasteiger partial charge in [-0.3, -0.25) is 0 Å². The number of aromatic carboxylic acids is 1. The van der Waals surface area contributed by atoms with Crippen molar-refractivity contribution in [2.75, 3.05) is 12.4 Å². The number of pyridine rings is 1. The van der Waals surface area contributed by atoms with Gasteiger partial charge in [-0.2, -0.15) is 0 Å². The molecule has 0 aliphatic carbocycles. The average molecular weight is 641 g/mol. The molecular weight excluding hydrogens is 604 g/mol. The number of hydrogen-bond acceptors (Lipinski definition) is 8. The number of carboxylic acid groups (broad SMARTS) is 1. The van der Waals surface area contributed by atoms with Gasteiger partial charge in [-0.1, -0.05) is 92.4 Å². The fraction of sp³-hybridized carbons (Fsp3) is 0.250. The Hall–Kier alpha value is -4.48. The van der Waals surface area contributed by atoms with E-state index in [1.54, 1.807) is 18.3 Å². The monoisotopic (exact) mass is 640 g/mol. The van der Waals surface area contributed by atoms with Crippen molar-refractivity contribution in [3.63, 3.8) is 0 Å². The van der Waals surface area contributed by atoms with E-state index in [4.69, 9.17) is 14.2 Å². The van der Waals surface area contributed by atoms with Crippen LogP contribution < -0.4 is 5.32 Å². The first-order valence-corrected chi connectivity index (χ1v) is 15.9. The Morgan fingerprint density at radius 2 is 1.74 bits per heavy atom. The highest BCUT2D eigenvalue weighted by atomic mass is 32.2. The van der Waals surface area contributed by atoms with E-state index in [1.807, 2.05) is 72.8 Å². The molecule has 1 saturated heterocycles. The molecule has 5 rings (SSSR count). The maximum Gasteiger partial charge on any atom is 0.407 e. The smallest absolute Gasteiger partial charge is 0.407 e. The zero-order valence-corrected chi connectivity index (χ0v) is 26.2. The van der Waals surface area contributed by atoms with Crippen LogP contribution in [-0.4, -0.2) is 45.7 Å². The number of nitrogens with one attached hydrogen (secondary N) is 1. The number of ether oxygens (including phenoxy) is 3. The van der Waals surface area contributed by atoms with Crippen molar-refractivity contribution >= 4 is 23.8 Å². The maximum atomic E-state index is 12.0. The third-order valence-corrected chi connectivity index (χ3v) is 8.87. The van der Waals surface area contributed by atoms with E-state index in [1.165, 1.54) is 17.8 Å². The first kappa shape index (κ1) is 32.9. The number of carboxylic acids is 1. The second kappa shape index (κ2) is 15.7. The quantitative estimate of drug-likeness (QED) is 0.112. The van der Waals surface area contributed by atoms with Crippen LogP contribution in [0.2, 0.25) is 0 Å². The summed E-state index contributed by atoms with van der Waals surface area (Å²) in [5.74, 6) is -0.629. The van der Waals surface area contributed by atoms with Crippen LogP contribution in [-0.2, 0) is 27.4 Å². The second-order valence-electron chi connectivity index (χ2n) is 10.8. The molecule has 2 heterocycles. The van der Waals surface area contributed by atoms with Crippen LogP contribution in [0.3, 0.4) is 0 Å². The van der Waals surface area contributed by atoms with Crippen LogP contribution in [0, 0.1) is 5.92 Å². The van der Waals surface area contributed by atoms with Gasteiger partial charge in [-0.25, -0.2) is 14.6 Å². The third kappa shape index (κ3) is 8.02. The van der Waals surface area contributed by atoms with Crippen LogP contribution in [0.15, 0.2) is 109 Å². The van der Waals surface area contributed by atoms with E-state index in [0.717, 1.165) is 33.4 Å². The molecule has 1 aliphatic heterocycles. The number of alkyl carbamates (subject to hydrolysis) is 1. The fourth-order valence-electron chi connectivity index (χ4n) is 5.27. The van der Waals surface area contributed by atoms with Gasteiger partial charge >= 0.3 is 12.1 Å². The number of thioether (sulfide) groups is 1. The Balaban J connectivity index is 1.37. The number of benzene rings is 3. The summed E-state index contributed by atoms with van der Waals surface area (Å²) in [6, 6.07) is 26.6. The number of carbonyl (C=O) groups is 2. The lowest BCUT2D eigenvalue weighted by atomic mass is 9.91.